The van der Waals surface area contributed by atoms with Crippen LogP contribution in [0.1, 0.15) is 236 Å². The van der Waals surface area contributed by atoms with Crippen LogP contribution in [0, 0.1) is 20.8 Å². The van der Waals surface area contributed by atoms with Crippen molar-refractivity contribution < 1.29 is 48.8 Å². The number of ether oxygens (including phenoxy) is 2. The molecule has 0 aliphatic rings. The fourth-order valence-electron chi connectivity index (χ4n) is 7.53. The van der Waals surface area contributed by atoms with Gasteiger partial charge in [0.2, 0.25) is 0 Å². The van der Waals surface area contributed by atoms with E-state index in [4.69, 9.17) is 9.47 Å². The van der Waals surface area contributed by atoms with Gasteiger partial charge in [0, 0.05) is 38.8 Å². The summed E-state index contributed by atoms with van der Waals surface area (Å²) in [5, 5.41) is 0. The molecule has 0 spiro atoms. The van der Waals surface area contributed by atoms with Crippen LogP contribution in [0.4, 0.5) is 25.2 Å². The molecule has 0 fully saturated rings. The van der Waals surface area contributed by atoms with Gasteiger partial charge in [-0.05, 0) is 25.3 Å². The van der Waals surface area contributed by atoms with E-state index in [0.29, 0.717) is 19.4 Å². The van der Waals surface area contributed by atoms with Gasteiger partial charge in [0.15, 0.2) is 24.0 Å². The maximum absolute atomic E-state index is 12.9. The topological polar surface area (TPSA) is 56.5 Å². The molecular weight excluding hydrogens is 787 g/mol. The Kier molecular flexibility index (Phi) is 31.7. The van der Waals surface area contributed by atoms with Crippen LogP contribution in [-0.2, 0) is 25.6 Å². The Morgan fingerprint density at radius 1 is 0.492 bits per heavy atom. The van der Waals surface area contributed by atoms with Gasteiger partial charge in [-0.25, -0.2) is 0 Å². The van der Waals surface area contributed by atoms with Crippen LogP contribution in [0.25, 0.3) is 0 Å². The van der Waals surface area contributed by atoms with Crippen molar-refractivity contribution in [2.24, 2.45) is 0 Å². The second-order valence-electron chi connectivity index (χ2n) is 17.1. The summed E-state index contributed by atoms with van der Waals surface area (Å²) in [6.07, 6.45) is 39.5. The minimum atomic E-state index is -10.7. The van der Waals surface area contributed by atoms with Crippen molar-refractivity contribution in [1.82, 2.24) is 0 Å². The first-order chi connectivity index (χ1) is 27.8. The van der Waals surface area contributed by atoms with Crippen LogP contribution in [0.3, 0.4) is 0 Å². The van der Waals surface area contributed by atoms with Gasteiger partial charge >= 0.3 is 44.9 Å². The summed E-state index contributed by atoms with van der Waals surface area (Å²) in [5.74, 6) is -0.360. The van der Waals surface area contributed by atoms with Crippen LogP contribution in [0.15, 0.2) is 12.1 Å². The first kappa shape index (κ1) is 57.1. The third kappa shape index (κ3) is 44.0. The molecular formula is C47H86F6NO4P. The van der Waals surface area contributed by atoms with Gasteiger partial charge in [0.05, 0.1) is 0 Å². The molecule has 350 valence electrons. The van der Waals surface area contributed by atoms with Gasteiger partial charge in [-0.15, -0.1) is 0 Å². The number of esters is 2. The molecule has 0 aliphatic heterocycles. The number of unbranched alkanes of at least 4 members (excludes halogenated alkanes) is 28. The molecule has 0 saturated heterocycles. The zero-order valence-corrected chi connectivity index (χ0v) is 39.0. The number of aromatic nitrogens is 1. The van der Waals surface area contributed by atoms with E-state index >= 15 is 0 Å². The summed E-state index contributed by atoms with van der Waals surface area (Å²) >= 11 is 0. The molecule has 12 heteroatoms. The summed E-state index contributed by atoms with van der Waals surface area (Å²) < 4.78 is 73.0. The zero-order chi connectivity index (χ0) is 44.3. The van der Waals surface area contributed by atoms with Crippen LogP contribution >= 0.6 is 7.81 Å². The third-order valence-electron chi connectivity index (χ3n) is 10.8. The van der Waals surface area contributed by atoms with Crippen LogP contribution in [0.2, 0.25) is 0 Å². The number of carbonyl (C=O) groups is 2. The summed E-state index contributed by atoms with van der Waals surface area (Å²) in [7, 11) is -10.7. The molecule has 1 aromatic heterocycles. The number of hydrogen-bond acceptors (Lipinski definition) is 4. The first-order valence-corrected chi connectivity index (χ1v) is 25.7. The van der Waals surface area contributed by atoms with Crippen molar-refractivity contribution in [2.45, 2.75) is 253 Å². The number of hydrogen-bond donors (Lipinski definition) is 0. The van der Waals surface area contributed by atoms with Gasteiger partial charge in [-0.1, -0.05) is 194 Å². The SMILES string of the molecule is CCCCCCCCCCCCCCCCCC(=O)OCC(C[n+]1c(C)cc(C)cc1C)OC(=O)CCCCCCCCCCCCCCCCC.F[P-](F)(F)(F)(F)F. The monoisotopic (exact) mass is 874 g/mol. The molecule has 0 amide bonds. The molecule has 0 bridgehead atoms. The van der Waals surface area contributed by atoms with E-state index < -0.39 is 13.9 Å². The number of pyridine rings is 1. The number of rotatable bonds is 37. The van der Waals surface area contributed by atoms with E-state index in [2.05, 4.69) is 51.3 Å². The number of halogens is 6. The van der Waals surface area contributed by atoms with Crippen molar-refractivity contribution in [3.05, 3.63) is 29.1 Å². The van der Waals surface area contributed by atoms with Crippen molar-refractivity contribution in [2.75, 3.05) is 6.61 Å². The van der Waals surface area contributed by atoms with Crippen LogP contribution < -0.4 is 4.57 Å². The van der Waals surface area contributed by atoms with Gasteiger partial charge in [-0.2, -0.15) is 4.57 Å². The van der Waals surface area contributed by atoms with Crippen molar-refractivity contribution >= 4 is 19.7 Å². The van der Waals surface area contributed by atoms with Crippen LogP contribution in [0.5, 0.6) is 0 Å². The summed E-state index contributed by atoms with van der Waals surface area (Å²) in [4.78, 5) is 25.6. The summed E-state index contributed by atoms with van der Waals surface area (Å²) in [5.41, 5.74) is 3.44. The standard InChI is InChI=1S/C47H86NO4.F6P/c1-6-8-10-12-14-16-18-20-22-24-26-28-30-32-34-36-46(49)51-41-45(40-48-43(4)38-42(3)39-44(48)5)52-47(50)37-35-33-31-29-27-25-23-21-19-17-15-13-11-9-7-2;1-7(2,3,4,5)6/h38-39,45H,6-37,40-41H2,1-5H3;/q+1;-1. The van der Waals surface area contributed by atoms with E-state index in [9.17, 15) is 34.8 Å². The van der Waals surface area contributed by atoms with E-state index in [-0.39, 0.29) is 18.5 Å². The molecule has 5 nitrogen and oxygen atoms in total. The van der Waals surface area contributed by atoms with Crippen molar-refractivity contribution in [3.8, 4) is 0 Å². The van der Waals surface area contributed by atoms with Crippen molar-refractivity contribution in [1.29, 1.82) is 0 Å². The number of nitrogens with zero attached hydrogens (tertiary/aromatic N) is 1. The maximum atomic E-state index is 12.9. The summed E-state index contributed by atoms with van der Waals surface area (Å²) in [6.45, 7) is 11.4. The normalized spacial score (nSPS) is 13.3. The zero-order valence-electron chi connectivity index (χ0n) is 38.1. The Morgan fingerprint density at radius 2 is 0.763 bits per heavy atom. The van der Waals surface area contributed by atoms with Gasteiger partial charge in [0.1, 0.15) is 6.61 Å². The molecule has 0 N–H and O–H groups in total. The first-order valence-electron chi connectivity index (χ1n) is 23.7. The molecule has 1 unspecified atom stereocenters. The molecule has 1 heterocycles. The van der Waals surface area contributed by atoms with E-state index in [0.717, 1.165) is 37.1 Å². The number of carbonyl (C=O) groups excluding carboxylic acids is 2. The van der Waals surface area contributed by atoms with Gasteiger partial charge in [0.25, 0.3) is 0 Å². The Labute approximate surface area is 356 Å². The summed E-state index contributed by atoms with van der Waals surface area (Å²) in [6, 6.07) is 4.29. The van der Waals surface area contributed by atoms with E-state index in [1.165, 1.54) is 173 Å². The Hall–Kier alpha value is -1.90. The second-order valence-corrected chi connectivity index (χ2v) is 19.0. The molecule has 1 atom stereocenters. The number of aryl methyl sites for hydroxylation is 3. The Balaban J connectivity index is 0.00000438. The second kappa shape index (κ2) is 32.8. The van der Waals surface area contributed by atoms with Crippen LogP contribution in [-0.4, -0.2) is 24.6 Å². The van der Waals surface area contributed by atoms with E-state index in [1.54, 1.807) is 0 Å². The molecule has 1 rings (SSSR count). The van der Waals surface area contributed by atoms with Gasteiger partial charge in [-0.3, -0.25) is 9.59 Å². The molecule has 1 aromatic rings. The van der Waals surface area contributed by atoms with Crippen molar-refractivity contribution in [3.63, 3.8) is 0 Å². The predicted octanol–water partition coefficient (Wildman–Crippen LogP) is 17.3. The fraction of sp³-hybridized carbons (Fsp3) is 0.851. The fourth-order valence-corrected chi connectivity index (χ4v) is 7.53. The quantitative estimate of drug-likeness (QED) is 0.0220. The molecule has 0 radical (unpaired) electrons. The molecule has 0 aromatic carbocycles. The molecule has 0 aliphatic carbocycles. The average Bonchev–Trinajstić information content (AvgIpc) is 3.13. The Bertz CT molecular complexity index is 1180. The average molecular weight is 874 g/mol. The van der Waals surface area contributed by atoms with E-state index in [1.807, 2.05) is 0 Å². The van der Waals surface area contributed by atoms with Gasteiger partial charge < -0.3 is 9.47 Å². The molecule has 59 heavy (non-hydrogen) atoms. The predicted molar refractivity (Wildman–Crippen MR) is 234 cm³/mol. The molecule has 0 saturated carbocycles. The Morgan fingerprint density at radius 3 is 1.07 bits per heavy atom. The minimum absolute atomic E-state index is 0.113. The third-order valence-corrected chi connectivity index (χ3v) is 10.8.